The average Bonchev–Trinajstić information content (AvgIpc) is 3.23. The summed E-state index contributed by atoms with van der Waals surface area (Å²) in [4.78, 5) is 16.4. The number of nitrogens with one attached hydrogen (secondary N) is 1. The summed E-state index contributed by atoms with van der Waals surface area (Å²) in [7, 11) is 0. The van der Waals surface area contributed by atoms with E-state index < -0.39 is 0 Å². The van der Waals surface area contributed by atoms with Crippen molar-refractivity contribution < 1.29 is 9.32 Å². The Labute approximate surface area is 144 Å². The van der Waals surface area contributed by atoms with Crippen LogP contribution in [0.3, 0.4) is 0 Å². The van der Waals surface area contributed by atoms with Gasteiger partial charge >= 0.3 is 0 Å². The highest BCUT2D eigenvalue weighted by molar-refractivity contribution is 6.30. The van der Waals surface area contributed by atoms with E-state index in [-0.39, 0.29) is 18.5 Å². The Morgan fingerprint density at radius 1 is 1.29 bits per heavy atom. The summed E-state index contributed by atoms with van der Waals surface area (Å²) in [5.74, 6) is 0.843. The van der Waals surface area contributed by atoms with Crippen molar-refractivity contribution >= 4 is 17.5 Å². The zero-order valence-electron chi connectivity index (χ0n) is 13.1. The predicted octanol–water partition coefficient (Wildman–Crippen LogP) is 3.13. The molecule has 1 atom stereocenters. The molecule has 0 spiro atoms. The molecule has 1 N–H and O–H groups in total. The normalized spacial score (nSPS) is 12.1. The molecule has 0 aliphatic carbocycles. The van der Waals surface area contributed by atoms with Crippen LogP contribution >= 0.6 is 11.6 Å². The summed E-state index contributed by atoms with van der Waals surface area (Å²) in [6.45, 7) is 1.95. The SMILES string of the molecule is Cc1noc(CNC(=O)C[C@H](c2ccc(Cl)cc2)n2cccc2)n1. The maximum Gasteiger partial charge on any atom is 0.246 e. The molecule has 6 nitrogen and oxygen atoms in total. The Kier molecular flexibility index (Phi) is 4.96. The van der Waals surface area contributed by atoms with E-state index in [9.17, 15) is 4.79 Å². The zero-order valence-corrected chi connectivity index (χ0v) is 13.9. The van der Waals surface area contributed by atoms with E-state index in [1.807, 2.05) is 53.4 Å². The molecule has 1 amide bonds. The van der Waals surface area contributed by atoms with Crippen molar-refractivity contribution in [2.24, 2.45) is 0 Å². The molecule has 7 heteroatoms. The van der Waals surface area contributed by atoms with Crippen molar-refractivity contribution in [1.29, 1.82) is 0 Å². The van der Waals surface area contributed by atoms with Crippen LogP contribution in [0.5, 0.6) is 0 Å². The number of rotatable bonds is 6. The molecule has 0 unspecified atom stereocenters. The Hall–Kier alpha value is -2.60. The van der Waals surface area contributed by atoms with Gasteiger partial charge in [-0.25, -0.2) is 0 Å². The molecular weight excluding hydrogens is 328 g/mol. The van der Waals surface area contributed by atoms with Gasteiger partial charge in [-0.2, -0.15) is 4.98 Å². The molecule has 0 aliphatic heterocycles. The van der Waals surface area contributed by atoms with Crippen LogP contribution in [0.25, 0.3) is 0 Å². The third-order valence-corrected chi connectivity index (χ3v) is 3.88. The van der Waals surface area contributed by atoms with Gasteiger partial charge in [0.05, 0.1) is 19.0 Å². The predicted molar refractivity (Wildman–Crippen MR) is 89.5 cm³/mol. The number of hydrogen-bond donors (Lipinski definition) is 1. The maximum absolute atomic E-state index is 12.3. The van der Waals surface area contributed by atoms with Crippen molar-refractivity contribution in [3.63, 3.8) is 0 Å². The van der Waals surface area contributed by atoms with Gasteiger partial charge in [-0.3, -0.25) is 4.79 Å². The van der Waals surface area contributed by atoms with Crippen molar-refractivity contribution in [3.05, 3.63) is 71.1 Å². The molecule has 0 aliphatic rings. The van der Waals surface area contributed by atoms with Crippen molar-refractivity contribution in [3.8, 4) is 0 Å². The fraction of sp³-hybridized carbons (Fsp3) is 0.235. The molecule has 124 valence electrons. The van der Waals surface area contributed by atoms with Crippen molar-refractivity contribution in [1.82, 2.24) is 20.0 Å². The molecule has 24 heavy (non-hydrogen) atoms. The van der Waals surface area contributed by atoms with Gasteiger partial charge in [0, 0.05) is 17.4 Å². The first kappa shape index (κ1) is 16.3. The molecule has 1 aromatic carbocycles. The molecule has 0 radical (unpaired) electrons. The molecule has 0 bridgehead atoms. The highest BCUT2D eigenvalue weighted by atomic mass is 35.5. The summed E-state index contributed by atoms with van der Waals surface area (Å²) < 4.78 is 6.99. The van der Waals surface area contributed by atoms with Crippen LogP contribution < -0.4 is 5.32 Å². The maximum atomic E-state index is 12.3. The molecule has 3 aromatic rings. The van der Waals surface area contributed by atoms with Crippen LogP contribution in [0.1, 0.15) is 29.7 Å². The van der Waals surface area contributed by atoms with Gasteiger partial charge in [0.15, 0.2) is 5.82 Å². The summed E-state index contributed by atoms with van der Waals surface area (Å²) >= 11 is 5.96. The second kappa shape index (κ2) is 7.31. The average molecular weight is 345 g/mol. The van der Waals surface area contributed by atoms with Gasteiger partial charge in [-0.1, -0.05) is 28.9 Å². The molecule has 2 aromatic heterocycles. The Morgan fingerprint density at radius 2 is 2.00 bits per heavy atom. The van der Waals surface area contributed by atoms with E-state index in [1.54, 1.807) is 6.92 Å². The largest absolute Gasteiger partial charge is 0.347 e. The third-order valence-electron chi connectivity index (χ3n) is 3.63. The Morgan fingerprint density at radius 3 is 2.62 bits per heavy atom. The van der Waals surface area contributed by atoms with Gasteiger partial charge in [-0.15, -0.1) is 0 Å². The summed E-state index contributed by atoms with van der Waals surface area (Å²) in [5.41, 5.74) is 1.01. The third kappa shape index (κ3) is 4.02. The topological polar surface area (TPSA) is 73.0 Å². The van der Waals surface area contributed by atoms with Gasteiger partial charge in [-0.05, 0) is 36.8 Å². The van der Waals surface area contributed by atoms with Crippen LogP contribution in [0.15, 0.2) is 53.3 Å². The van der Waals surface area contributed by atoms with Crippen LogP contribution in [0, 0.1) is 6.92 Å². The van der Waals surface area contributed by atoms with E-state index in [0.29, 0.717) is 23.2 Å². The monoisotopic (exact) mass is 344 g/mol. The lowest BCUT2D eigenvalue weighted by atomic mass is 10.0. The minimum Gasteiger partial charge on any atom is -0.347 e. The molecule has 0 saturated heterocycles. The minimum atomic E-state index is -0.110. The lowest BCUT2D eigenvalue weighted by Crippen LogP contribution is -2.26. The standard InChI is InChI=1S/C17H17ClN4O2/c1-12-20-17(24-21-12)11-19-16(23)10-15(22-8-2-3-9-22)13-4-6-14(18)7-5-13/h2-9,15H,10-11H2,1H3,(H,19,23)/t15-/m1/s1. The second-order valence-electron chi connectivity index (χ2n) is 5.41. The van der Waals surface area contributed by atoms with Crippen molar-refractivity contribution in [2.75, 3.05) is 0 Å². The molecule has 3 rings (SSSR count). The number of benzene rings is 1. The first-order valence-corrected chi connectivity index (χ1v) is 7.93. The molecule has 0 saturated carbocycles. The van der Waals surface area contributed by atoms with Gasteiger partial charge in [0.25, 0.3) is 0 Å². The van der Waals surface area contributed by atoms with Crippen LogP contribution in [0.2, 0.25) is 5.02 Å². The molecule has 2 heterocycles. The van der Waals surface area contributed by atoms with Crippen LogP contribution in [-0.4, -0.2) is 20.6 Å². The first-order chi connectivity index (χ1) is 11.6. The number of carbonyl (C=O) groups is 1. The number of amides is 1. The fourth-order valence-electron chi connectivity index (χ4n) is 2.47. The molecule has 0 fully saturated rings. The van der Waals surface area contributed by atoms with Crippen LogP contribution in [0.4, 0.5) is 0 Å². The highest BCUT2D eigenvalue weighted by Gasteiger charge is 2.18. The Balaban J connectivity index is 1.69. The van der Waals surface area contributed by atoms with Gasteiger partial charge in [0.2, 0.25) is 11.8 Å². The lowest BCUT2D eigenvalue weighted by molar-refractivity contribution is -0.121. The summed E-state index contributed by atoms with van der Waals surface area (Å²) in [6, 6.07) is 11.3. The second-order valence-corrected chi connectivity index (χ2v) is 5.85. The summed E-state index contributed by atoms with van der Waals surface area (Å²) in [5, 5.41) is 7.18. The van der Waals surface area contributed by atoms with Crippen molar-refractivity contribution in [2.45, 2.75) is 25.9 Å². The minimum absolute atomic E-state index is 0.0977. The van der Waals surface area contributed by atoms with E-state index in [1.165, 1.54) is 0 Å². The van der Waals surface area contributed by atoms with Gasteiger partial charge in [0.1, 0.15) is 0 Å². The Bertz CT molecular complexity index is 796. The number of nitrogens with zero attached hydrogens (tertiary/aromatic N) is 3. The van der Waals surface area contributed by atoms with E-state index >= 15 is 0 Å². The first-order valence-electron chi connectivity index (χ1n) is 7.55. The quantitative estimate of drug-likeness (QED) is 0.745. The van der Waals surface area contributed by atoms with E-state index in [4.69, 9.17) is 16.1 Å². The molecular formula is C17H17ClN4O2. The number of aryl methyl sites for hydroxylation is 1. The van der Waals surface area contributed by atoms with E-state index in [2.05, 4.69) is 15.5 Å². The lowest BCUT2D eigenvalue weighted by Gasteiger charge is -2.19. The fourth-order valence-corrected chi connectivity index (χ4v) is 2.60. The van der Waals surface area contributed by atoms with Gasteiger partial charge < -0.3 is 14.4 Å². The number of halogens is 1. The zero-order chi connectivity index (χ0) is 16.9. The number of aromatic nitrogens is 3. The number of carbonyl (C=O) groups excluding carboxylic acids is 1. The highest BCUT2D eigenvalue weighted by Crippen LogP contribution is 2.24. The van der Waals surface area contributed by atoms with E-state index in [0.717, 1.165) is 5.56 Å². The number of hydrogen-bond acceptors (Lipinski definition) is 4. The smallest absolute Gasteiger partial charge is 0.246 e. The van der Waals surface area contributed by atoms with Crippen LogP contribution in [-0.2, 0) is 11.3 Å². The summed E-state index contributed by atoms with van der Waals surface area (Å²) in [6.07, 6.45) is 4.17.